The molecule has 178 valence electrons. The molecule has 0 aliphatic rings. The first-order valence-electron chi connectivity index (χ1n) is 10.0. The number of guanidine groups is 1. The van der Waals surface area contributed by atoms with Crippen LogP contribution in [0.25, 0.3) is 11.4 Å². The molecule has 1 aromatic heterocycles. The third-order valence-corrected chi connectivity index (χ3v) is 4.06. The summed E-state index contributed by atoms with van der Waals surface area (Å²) < 4.78 is 10.5. The zero-order valence-electron chi connectivity index (χ0n) is 19.7. The summed E-state index contributed by atoms with van der Waals surface area (Å²) in [5.41, 5.74) is -0.207. The van der Waals surface area contributed by atoms with Gasteiger partial charge in [0.05, 0.1) is 19.2 Å². The van der Waals surface area contributed by atoms with Crippen molar-refractivity contribution in [1.82, 2.24) is 31.1 Å². The van der Waals surface area contributed by atoms with E-state index in [1.165, 1.54) is 0 Å². The maximum absolute atomic E-state index is 12.0. The van der Waals surface area contributed by atoms with Crippen molar-refractivity contribution in [3.05, 3.63) is 30.1 Å². The summed E-state index contributed by atoms with van der Waals surface area (Å²) in [6, 6.07) is 7.53. The molecule has 11 heteroatoms. The SMILES string of the molecule is CN=C(NCc1nc(-c2ccc(OC)cc2)n[nH]1)NCC(C)(C)NC(=O)OC(C)(C)C.I. The van der Waals surface area contributed by atoms with Crippen LogP contribution < -0.4 is 20.7 Å². The van der Waals surface area contributed by atoms with Gasteiger partial charge in [-0.25, -0.2) is 9.78 Å². The molecule has 0 atom stereocenters. The van der Waals surface area contributed by atoms with Gasteiger partial charge in [0.15, 0.2) is 11.8 Å². The maximum Gasteiger partial charge on any atom is 0.408 e. The molecule has 0 spiro atoms. The normalized spacial score (nSPS) is 11.9. The minimum absolute atomic E-state index is 0. The lowest BCUT2D eigenvalue weighted by atomic mass is 10.1. The first-order chi connectivity index (χ1) is 14.5. The highest BCUT2D eigenvalue weighted by Gasteiger charge is 2.24. The van der Waals surface area contributed by atoms with Crippen LogP contribution in [-0.2, 0) is 11.3 Å². The Hall–Kier alpha value is -2.57. The highest BCUT2D eigenvalue weighted by Crippen LogP contribution is 2.18. The maximum atomic E-state index is 12.0. The Bertz CT molecular complexity index is 890. The highest BCUT2D eigenvalue weighted by molar-refractivity contribution is 14.0. The molecule has 0 saturated heterocycles. The van der Waals surface area contributed by atoms with E-state index in [0.29, 0.717) is 30.7 Å². The van der Waals surface area contributed by atoms with Crippen LogP contribution in [0.3, 0.4) is 0 Å². The number of hydrogen-bond acceptors (Lipinski definition) is 6. The lowest BCUT2D eigenvalue weighted by Gasteiger charge is -2.29. The van der Waals surface area contributed by atoms with E-state index in [9.17, 15) is 4.79 Å². The van der Waals surface area contributed by atoms with Gasteiger partial charge in [-0.05, 0) is 58.9 Å². The Balaban J connectivity index is 0.00000512. The largest absolute Gasteiger partial charge is 0.497 e. The lowest BCUT2D eigenvalue weighted by Crippen LogP contribution is -2.54. The van der Waals surface area contributed by atoms with E-state index in [0.717, 1.165) is 11.3 Å². The second-order valence-electron chi connectivity index (χ2n) is 8.62. The number of rotatable bonds is 7. The van der Waals surface area contributed by atoms with Crippen LogP contribution in [0.15, 0.2) is 29.3 Å². The van der Waals surface area contributed by atoms with Gasteiger partial charge in [-0.3, -0.25) is 10.1 Å². The quantitative estimate of drug-likeness (QED) is 0.234. The van der Waals surface area contributed by atoms with Crippen molar-refractivity contribution < 1.29 is 14.3 Å². The molecule has 1 amide bonds. The summed E-state index contributed by atoms with van der Waals surface area (Å²) in [5.74, 6) is 2.62. The Labute approximate surface area is 206 Å². The average molecular weight is 559 g/mol. The fourth-order valence-corrected chi connectivity index (χ4v) is 2.56. The molecular formula is C21H34IN7O3. The van der Waals surface area contributed by atoms with E-state index in [2.05, 4.69) is 36.1 Å². The molecular weight excluding hydrogens is 525 g/mol. The number of H-pyrrole nitrogens is 1. The molecule has 0 saturated carbocycles. The van der Waals surface area contributed by atoms with E-state index in [1.807, 2.05) is 58.9 Å². The fraction of sp³-hybridized carbons (Fsp3) is 0.524. The van der Waals surface area contributed by atoms with Gasteiger partial charge < -0.3 is 25.4 Å². The van der Waals surface area contributed by atoms with Gasteiger partial charge in [-0.1, -0.05) is 0 Å². The third-order valence-electron chi connectivity index (χ3n) is 4.06. The topological polar surface area (TPSA) is 126 Å². The number of hydrogen-bond donors (Lipinski definition) is 4. The van der Waals surface area contributed by atoms with Crippen molar-refractivity contribution in [1.29, 1.82) is 0 Å². The number of nitrogens with zero attached hydrogens (tertiary/aromatic N) is 3. The standard InChI is InChI=1S/C21H33N7O3.HI/c1-20(2,3)31-19(29)26-21(4,5)13-24-18(22-6)23-12-16-25-17(28-27-16)14-8-10-15(30-7)11-9-14;/h8-11H,12-13H2,1-7H3,(H,26,29)(H2,22,23,24)(H,25,27,28);1H. The van der Waals surface area contributed by atoms with Crippen molar-refractivity contribution in [3.8, 4) is 17.1 Å². The molecule has 10 nitrogen and oxygen atoms in total. The number of aromatic nitrogens is 3. The van der Waals surface area contributed by atoms with Gasteiger partial charge >= 0.3 is 6.09 Å². The Kier molecular flexibility index (Phi) is 10.2. The fourth-order valence-electron chi connectivity index (χ4n) is 2.56. The lowest BCUT2D eigenvalue weighted by molar-refractivity contribution is 0.0474. The van der Waals surface area contributed by atoms with Gasteiger partial charge in [0.1, 0.15) is 17.2 Å². The highest BCUT2D eigenvalue weighted by atomic mass is 127. The summed E-state index contributed by atoms with van der Waals surface area (Å²) in [5, 5.41) is 16.4. The predicted octanol–water partition coefficient (Wildman–Crippen LogP) is 3.07. The summed E-state index contributed by atoms with van der Waals surface area (Å²) in [6.07, 6.45) is -0.463. The Morgan fingerprint density at radius 2 is 1.78 bits per heavy atom. The van der Waals surface area contributed by atoms with Gasteiger partial charge in [0.2, 0.25) is 0 Å². The first kappa shape index (κ1) is 27.5. The minimum atomic E-state index is -0.549. The van der Waals surface area contributed by atoms with Crippen molar-refractivity contribution in [3.63, 3.8) is 0 Å². The van der Waals surface area contributed by atoms with E-state index in [4.69, 9.17) is 9.47 Å². The number of halogens is 1. The summed E-state index contributed by atoms with van der Waals surface area (Å²) in [7, 11) is 3.30. The number of ether oxygens (including phenoxy) is 2. The molecule has 4 N–H and O–H groups in total. The second-order valence-corrected chi connectivity index (χ2v) is 8.62. The number of nitrogens with one attached hydrogen (secondary N) is 4. The van der Waals surface area contributed by atoms with Crippen LogP contribution in [0.1, 0.15) is 40.4 Å². The van der Waals surface area contributed by atoms with Gasteiger partial charge in [0, 0.05) is 19.2 Å². The first-order valence-corrected chi connectivity index (χ1v) is 10.0. The van der Waals surface area contributed by atoms with Crippen LogP contribution in [0.2, 0.25) is 0 Å². The number of carbonyl (C=O) groups is 1. The van der Waals surface area contributed by atoms with Crippen LogP contribution in [-0.4, -0.2) is 59.1 Å². The zero-order chi connectivity index (χ0) is 23.1. The summed E-state index contributed by atoms with van der Waals surface area (Å²) in [6.45, 7) is 10.1. The summed E-state index contributed by atoms with van der Waals surface area (Å²) in [4.78, 5) is 20.7. The van der Waals surface area contributed by atoms with Crippen molar-refractivity contribution in [2.75, 3.05) is 20.7 Å². The molecule has 1 heterocycles. The molecule has 32 heavy (non-hydrogen) atoms. The smallest absolute Gasteiger partial charge is 0.408 e. The predicted molar refractivity (Wildman–Crippen MR) is 135 cm³/mol. The van der Waals surface area contributed by atoms with Gasteiger partial charge in [-0.2, -0.15) is 5.10 Å². The zero-order valence-corrected chi connectivity index (χ0v) is 22.0. The van der Waals surface area contributed by atoms with Crippen molar-refractivity contribution in [2.24, 2.45) is 4.99 Å². The van der Waals surface area contributed by atoms with Crippen LogP contribution >= 0.6 is 24.0 Å². The van der Waals surface area contributed by atoms with Crippen molar-refractivity contribution in [2.45, 2.75) is 52.3 Å². The second kappa shape index (κ2) is 11.9. The van der Waals surface area contributed by atoms with E-state index < -0.39 is 17.2 Å². The Morgan fingerprint density at radius 3 is 2.34 bits per heavy atom. The van der Waals surface area contributed by atoms with Crippen LogP contribution in [0.4, 0.5) is 4.79 Å². The van der Waals surface area contributed by atoms with Gasteiger partial charge in [0.25, 0.3) is 0 Å². The number of carbonyl (C=O) groups excluding carboxylic acids is 1. The minimum Gasteiger partial charge on any atom is -0.497 e. The molecule has 2 aromatic rings. The van der Waals surface area contributed by atoms with E-state index in [1.54, 1.807) is 14.2 Å². The molecule has 1 aromatic carbocycles. The monoisotopic (exact) mass is 559 g/mol. The molecule has 0 fully saturated rings. The van der Waals surface area contributed by atoms with E-state index >= 15 is 0 Å². The Morgan fingerprint density at radius 1 is 1.12 bits per heavy atom. The van der Waals surface area contributed by atoms with Crippen LogP contribution in [0, 0.1) is 0 Å². The van der Waals surface area contributed by atoms with E-state index in [-0.39, 0.29) is 24.0 Å². The van der Waals surface area contributed by atoms with Gasteiger partial charge in [-0.15, -0.1) is 24.0 Å². The number of benzene rings is 1. The number of alkyl carbamates (subject to hydrolysis) is 1. The van der Waals surface area contributed by atoms with Crippen LogP contribution in [0.5, 0.6) is 5.75 Å². The number of aliphatic imine (C=N–C) groups is 1. The molecule has 0 aliphatic carbocycles. The number of methoxy groups -OCH3 is 1. The number of aromatic amines is 1. The molecule has 2 rings (SSSR count). The molecule has 0 aliphatic heterocycles. The molecule has 0 radical (unpaired) electrons. The van der Waals surface area contributed by atoms with Crippen molar-refractivity contribution >= 4 is 36.0 Å². The average Bonchev–Trinajstić information content (AvgIpc) is 3.15. The number of amides is 1. The third kappa shape index (κ3) is 9.28. The molecule has 0 unspecified atom stereocenters. The summed E-state index contributed by atoms with van der Waals surface area (Å²) >= 11 is 0. The molecule has 0 bridgehead atoms.